The smallest absolute Gasteiger partial charge is 0.192 e. The lowest BCUT2D eigenvalue weighted by Gasteiger charge is -2.35. The van der Waals surface area contributed by atoms with Crippen molar-refractivity contribution in [1.29, 1.82) is 0 Å². The van der Waals surface area contributed by atoms with E-state index in [2.05, 4.69) is 115 Å². The molecule has 0 saturated carbocycles. The molecule has 0 radical (unpaired) electrons. The molecule has 0 aliphatic heterocycles. The maximum Gasteiger partial charge on any atom is 0.192 e. The van der Waals surface area contributed by atoms with E-state index >= 15 is 0 Å². The van der Waals surface area contributed by atoms with Crippen molar-refractivity contribution in [2.24, 2.45) is 5.92 Å². The Bertz CT molecular complexity index is 718. The normalized spacial score (nSPS) is 14.0. The zero-order valence-electron chi connectivity index (χ0n) is 19.0. The summed E-state index contributed by atoms with van der Waals surface area (Å²) in [6.07, 6.45) is 4.55. The molecule has 0 heterocycles. The van der Waals surface area contributed by atoms with E-state index in [9.17, 15) is 0 Å². The Morgan fingerprint density at radius 2 is 1.29 bits per heavy atom. The summed E-state index contributed by atoms with van der Waals surface area (Å²) >= 11 is 0. The van der Waals surface area contributed by atoms with Crippen LogP contribution in [0.4, 0.5) is 0 Å². The SMILES string of the molecule is Cc1ccc(C(c2ccc(C)cc2)C(C)/C=C/CO[Si](C)(C)C(C)(C)C)cc1. The molecular formula is C26H38OSi. The molecule has 0 saturated heterocycles. The van der Waals surface area contributed by atoms with Crippen molar-refractivity contribution in [3.8, 4) is 0 Å². The van der Waals surface area contributed by atoms with Crippen LogP contribution in [0.25, 0.3) is 0 Å². The highest BCUT2D eigenvalue weighted by molar-refractivity contribution is 6.74. The largest absolute Gasteiger partial charge is 0.413 e. The van der Waals surface area contributed by atoms with Gasteiger partial charge in [0.15, 0.2) is 8.32 Å². The van der Waals surface area contributed by atoms with Gasteiger partial charge in [-0.15, -0.1) is 0 Å². The third kappa shape index (κ3) is 5.92. The summed E-state index contributed by atoms with van der Waals surface area (Å²) in [5, 5.41) is 0.249. The molecule has 0 amide bonds. The van der Waals surface area contributed by atoms with Gasteiger partial charge < -0.3 is 4.43 Å². The molecule has 0 spiro atoms. The van der Waals surface area contributed by atoms with Crippen LogP contribution in [0.15, 0.2) is 60.7 Å². The molecule has 1 atom stereocenters. The van der Waals surface area contributed by atoms with Crippen LogP contribution in [-0.4, -0.2) is 14.9 Å². The quantitative estimate of drug-likeness (QED) is 0.346. The van der Waals surface area contributed by atoms with Gasteiger partial charge in [-0.05, 0) is 49.0 Å². The van der Waals surface area contributed by atoms with E-state index in [1.54, 1.807) is 0 Å². The van der Waals surface area contributed by atoms with Crippen LogP contribution < -0.4 is 0 Å². The van der Waals surface area contributed by atoms with Crippen LogP contribution in [0.5, 0.6) is 0 Å². The van der Waals surface area contributed by atoms with Gasteiger partial charge in [-0.2, -0.15) is 0 Å². The Hall–Kier alpha value is -1.64. The highest BCUT2D eigenvalue weighted by atomic mass is 28.4. The van der Waals surface area contributed by atoms with E-state index in [0.29, 0.717) is 18.4 Å². The number of benzene rings is 2. The third-order valence-corrected chi connectivity index (χ3v) is 10.7. The fraction of sp³-hybridized carbons (Fsp3) is 0.462. The molecule has 2 heteroatoms. The Labute approximate surface area is 174 Å². The van der Waals surface area contributed by atoms with Crippen molar-refractivity contribution in [3.05, 3.63) is 82.9 Å². The van der Waals surface area contributed by atoms with Crippen molar-refractivity contribution in [3.63, 3.8) is 0 Å². The van der Waals surface area contributed by atoms with Gasteiger partial charge in [-0.25, -0.2) is 0 Å². The molecule has 152 valence electrons. The highest BCUT2D eigenvalue weighted by Gasteiger charge is 2.36. The van der Waals surface area contributed by atoms with E-state index < -0.39 is 8.32 Å². The van der Waals surface area contributed by atoms with Gasteiger partial charge >= 0.3 is 0 Å². The minimum Gasteiger partial charge on any atom is -0.413 e. The fourth-order valence-corrected chi connectivity index (χ4v) is 4.15. The zero-order chi connectivity index (χ0) is 20.9. The minimum atomic E-state index is -1.70. The molecule has 1 nitrogen and oxygen atoms in total. The van der Waals surface area contributed by atoms with Gasteiger partial charge in [-0.1, -0.05) is 99.5 Å². The van der Waals surface area contributed by atoms with Gasteiger partial charge in [-0.3, -0.25) is 0 Å². The monoisotopic (exact) mass is 394 g/mol. The maximum atomic E-state index is 6.32. The Morgan fingerprint density at radius 3 is 1.68 bits per heavy atom. The predicted octanol–water partition coefficient (Wildman–Crippen LogP) is 7.65. The van der Waals surface area contributed by atoms with Crippen LogP contribution >= 0.6 is 0 Å². The Balaban J connectivity index is 2.18. The summed E-state index contributed by atoms with van der Waals surface area (Å²) in [6.45, 7) is 18.8. The first kappa shape index (κ1) is 22.6. The van der Waals surface area contributed by atoms with Crippen molar-refractivity contribution in [2.75, 3.05) is 6.61 Å². The van der Waals surface area contributed by atoms with E-state index in [1.807, 2.05) is 0 Å². The van der Waals surface area contributed by atoms with E-state index in [1.165, 1.54) is 22.3 Å². The van der Waals surface area contributed by atoms with E-state index in [4.69, 9.17) is 4.43 Å². The lowest BCUT2D eigenvalue weighted by atomic mass is 9.81. The summed E-state index contributed by atoms with van der Waals surface area (Å²) in [7, 11) is -1.70. The van der Waals surface area contributed by atoms with Crippen molar-refractivity contribution in [2.45, 2.75) is 65.6 Å². The van der Waals surface area contributed by atoms with Gasteiger partial charge in [0.1, 0.15) is 0 Å². The third-order valence-electron chi connectivity index (χ3n) is 6.18. The zero-order valence-corrected chi connectivity index (χ0v) is 20.0. The number of aryl methyl sites for hydroxylation is 2. The standard InChI is InChI=1S/C26H38OSi/c1-20-11-15-23(16-12-20)25(24-17-13-21(2)14-18-24)22(3)10-9-19-27-28(7,8)26(4,5)6/h9-18,22,25H,19H2,1-8H3/b10-9+. The Morgan fingerprint density at radius 1 is 0.857 bits per heavy atom. The summed E-state index contributed by atoms with van der Waals surface area (Å²) < 4.78 is 6.32. The first-order valence-electron chi connectivity index (χ1n) is 10.4. The van der Waals surface area contributed by atoms with Crippen LogP contribution in [0.2, 0.25) is 18.1 Å². The molecule has 2 rings (SSSR count). The number of hydrogen-bond donors (Lipinski definition) is 0. The molecule has 2 aromatic carbocycles. The van der Waals surface area contributed by atoms with Crippen LogP contribution in [0.1, 0.15) is 55.9 Å². The number of rotatable bonds is 7. The predicted molar refractivity (Wildman–Crippen MR) is 126 cm³/mol. The summed E-state index contributed by atoms with van der Waals surface area (Å²) in [6, 6.07) is 18.0. The van der Waals surface area contributed by atoms with Crippen molar-refractivity contribution >= 4 is 8.32 Å². The second kappa shape index (κ2) is 9.24. The lowest BCUT2D eigenvalue weighted by molar-refractivity contribution is 0.327. The summed E-state index contributed by atoms with van der Waals surface area (Å²) in [4.78, 5) is 0. The average Bonchev–Trinajstić information content (AvgIpc) is 2.61. The molecule has 0 N–H and O–H groups in total. The van der Waals surface area contributed by atoms with Gasteiger partial charge in [0.25, 0.3) is 0 Å². The minimum absolute atomic E-state index is 0.249. The average molecular weight is 395 g/mol. The van der Waals surface area contributed by atoms with Gasteiger partial charge in [0, 0.05) is 5.92 Å². The summed E-state index contributed by atoms with van der Waals surface area (Å²) in [5.41, 5.74) is 5.35. The lowest BCUT2D eigenvalue weighted by Crippen LogP contribution is -2.40. The first-order valence-corrected chi connectivity index (χ1v) is 13.4. The second-order valence-corrected chi connectivity index (χ2v) is 14.5. The molecule has 28 heavy (non-hydrogen) atoms. The molecule has 0 aromatic heterocycles. The van der Waals surface area contributed by atoms with Crippen molar-refractivity contribution in [1.82, 2.24) is 0 Å². The van der Waals surface area contributed by atoms with Crippen LogP contribution in [-0.2, 0) is 4.43 Å². The summed E-state index contributed by atoms with van der Waals surface area (Å²) in [5.74, 6) is 0.749. The maximum absolute atomic E-state index is 6.32. The van der Waals surface area contributed by atoms with E-state index in [-0.39, 0.29) is 5.04 Å². The second-order valence-electron chi connectivity index (χ2n) is 9.66. The molecule has 1 unspecified atom stereocenters. The first-order chi connectivity index (χ1) is 13.0. The fourth-order valence-electron chi connectivity index (χ4n) is 3.20. The van der Waals surface area contributed by atoms with Crippen LogP contribution in [0, 0.1) is 19.8 Å². The molecule has 2 aromatic rings. The number of allylic oxidation sites excluding steroid dienone is 1. The highest BCUT2D eigenvalue weighted by Crippen LogP contribution is 2.37. The van der Waals surface area contributed by atoms with E-state index in [0.717, 1.165) is 0 Å². The Kier molecular flexibility index (Phi) is 7.47. The molecule has 0 fully saturated rings. The van der Waals surface area contributed by atoms with Crippen LogP contribution in [0.3, 0.4) is 0 Å². The molecular weight excluding hydrogens is 356 g/mol. The molecule has 0 aliphatic carbocycles. The van der Waals surface area contributed by atoms with Crippen molar-refractivity contribution < 1.29 is 4.43 Å². The van der Waals surface area contributed by atoms with Gasteiger partial charge in [0.05, 0.1) is 6.61 Å². The molecule has 0 bridgehead atoms. The van der Waals surface area contributed by atoms with Gasteiger partial charge in [0.2, 0.25) is 0 Å². The molecule has 0 aliphatic rings. The number of hydrogen-bond acceptors (Lipinski definition) is 1. The topological polar surface area (TPSA) is 9.23 Å².